The van der Waals surface area contributed by atoms with Gasteiger partial charge in [-0.3, -0.25) is 0 Å². The molecule has 1 aromatic carbocycles. The molecular weight excluding hydrogens is 268 g/mol. The average Bonchev–Trinajstić information content (AvgIpc) is 2.60. The number of hydrogen-bond acceptors (Lipinski definition) is 2. The molecule has 1 heterocycles. The molecule has 0 atom stereocenters. The smallest absolute Gasteiger partial charge is 0.226 e. The number of hydrogen-bond donors (Lipinski definition) is 0. The minimum absolute atomic E-state index is 0.186. The molecule has 2 nitrogen and oxygen atoms in total. The van der Waals surface area contributed by atoms with Crippen molar-refractivity contribution in [3.05, 3.63) is 40.2 Å². The summed E-state index contributed by atoms with van der Waals surface area (Å²) < 4.78 is 31.3. The van der Waals surface area contributed by atoms with Gasteiger partial charge in [0.25, 0.3) is 0 Å². The number of aromatic nitrogens is 1. The first-order chi connectivity index (χ1) is 7.08. The quantitative estimate of drug-likeness (QED) is 0.741. The maximum atomic E-state index is 13.2. The summed E-state index contributed by atoms with van der Waals surface area (Å²) in [6.45, 7) is 1.71. The molecule has 0 amide bonds. The van der Waals surface area contributed by atoms with E-state index in [0.29, 0.717) is 5.76 Å². The van der Waals surface area contributed by atoms with Crippen LogP contribution in [0.25, 0.3) is 11.5 Å². The molecule has 0 aliphatic carbocycles. The highest BCUT2D eigenvalue weighted by Crippen LogP contribution is 2.26. The Morgan fingerprint density at radius 2 is 1.87 bits per heavy atom. The summed E-state index contributed by atoms with van der Waals surface area (Å²) in [6.07, 6.45) is 1.49. The Balaban J connectivity index is 2.55. The van der Waals surface area contributed by atoms with Crippen LogP contribution in [0, 0.1) is 18.6 Å². The third kappa shape index (κ3) is 1.92. The van der Waals surface area contributed by atoms with Crippen LogP contribution in [0.15, 0.2) is 27.2 Å². The number of nitrogens with zero attached hydrogens (tertiary/aromatic N) is 1. The summed E-state index contributed by atoms with van der Waals surface area (Å²) in [7, 11) is 0. The van der Waals surface area contributed by atoms with Crippen LogP contribution in [0.2, 0.25) is 0 Å². The molecule has 0 saturated heterocycles. The van der Waals surface area contributed by atoms with E-state index in [0.717, 1.165) is 0 Å². The SMILES string of the molecule is Cc1cnc(-c2cc(F)c(Br)c(F)c2)o1. The van der Waals surface area contributed by atoms with Crippen LogP contribution in [-0.2, 0) is 0 Å². The van der Waals surface area contributed by atoms with Crippen LogP contribution in [0.5, 0.6) is 0 Å². The molecule has 2 aromatic rings. The van der Waals surface area contributed by atoms with Crippen molar-refractivity contribution in [2.45, 2.75) is 6.92 Å². The lowest BCUT2D eigenvalue weighted by Crippen LogP contribution is -1.87. The number of oxazole rings is 1. The second-order valence-corrected chi connectivity index (χ2v) is 3.82. The Hall–Kier alpha value is -1.23. The van der Waals surface area contributed by atoms with Crippen LogP contribution < -0.4 is 0 Å². The van der Waals surface area contributed by atoms with Crippen molar-refractivity contribution in [1.82, 2.24) is 4.98 Å². The maximum absolute atomic E-state index is 13.2. The van der Waals surface area contributed by atoms with E-state index in [-0.39, 0.29) is 15.9 Å². The van der Waals surface area contributed by atoms with Crippen LogP contribution in [0.1, 0.15) is 5.76 Å². The van der Waals surface area contributed by atoms with E-state index in [2.05, 4.69) is 20.9 Å². The van der Waals surface area contributed by atoms with Crippen LogP contribution in [0.4, 0.5) is 8.78 Å². The van der Waals surface area contributed by atoms with Crippen molar-refractivity contribution in [2.75, 3.05) is 0 Å². The lowest BCUT2D eigenvalue weighted by molar-refractivity contribution is 0.537. The lowest BCUT2D eigenvalue weighted by atomic mass is 10.2. The zero-order valence-electron chi connectivity index (χ0n) is 7.72. The van der Waals surface area contributed by atoms with Gasteiger partial charge < -0.3 is 4.42 Å². The fourth-order valence-electron chi connectivity index (χ4n) is 1.17. The molecule has 0 bridgehead atoms. The molecule has 0 spiro atoms. The van der Waals surface area contributed by atoms with Crippen LogP contribution in [-0.4, -0.2) is 4.98 Å². The van der Waals surface area contributed by atoms with E-state index >= 15 is 0 Å². The highest BCUT2D eigenvalue weighted by Gasteiger charge is 2.12. The average molecular weight is 274 g/mol. The Labute approximate surface area is 93.1 Å². The Morgan fingerprint density at radius 1 is 1.27 bits per heavy atom. The summed E-state index contributed by atoms with van der Waals surface area (Å²) in [5.41, 5.74) is 0.279. The van der Waals surface area contributed by atoms with E-state index in [1.54, 1.807) is 6.92 Å². The Bertz CT molecular complexity index is 487. The van der Waals surface area contributed by atoms with E-state index in [1.807, 2.05) is 0 Å². The number of benzene rings is 1. The van der Waals surface area contributed by atoms with Crippen LogP contribution >= 0.6 is 15.9 Å². The Morgan fingerprint density at radius 3 is 2.33 bits per heavy atom. The van der Waals surface area contributed by atoms with Crippen molar-refractivity contribution in [3.8, 4) is 11.5 Å². The van der Waals surface area contributed by atoms with Crippen molar-refractivity contribution in [3.63, 3.8) is 0 Å². The van der Waals surface area contributed by atoms with Crippen molar-refractivity contribution in [1.29, 1.82) is 0 Å². The summed E-state index contributed by atoms with van der Waals surface area (Å²) in [5, 5.41) is 0. The minimum Gasteiger partial charge on any atom is -0.441 e. The molecule has 2 rings (SSSR count). The van der Waals surface area contributed by atoms with E-state index in [1.165, 1.54) is 18.3 Å². The second kappa shape index (κ2) is 3.73. The topological polar surface area (TPSA) is 26.0 Å². The molecule has 0 unspecified atom stereocenters. The molecule has 0 N–H and O–H groups in total. The van der Waals surface area contributed by atoms with Gasteiger partial charge in [-0.2, -0.15) is 0 Å². The molecule has 0 fully saturated rings. The van der Waals surface area contributed by atoms with E-state index in [9.17, 15) is 8.78 Å². The maximum Gasteiger partial charge on any atom is 0.226 e. The molecule has 5 heteroatoms. The van der Waals surface area contributed by atoms with Gasteiger partial charge in [0.2, 0.25) is 5.89 Å². The molecule has 78 valence electrons. The minimum atomic E-state index is -0.680. The van der Waals surface area contributed by atoms with Gasteiger partial charge >= 0.3 is 0 Å². The van der Waals surface area contributed by atoms with E-state index in [4.69, 9.17) is 4.42 Å². The molecule has 15 heavy (non-hydrogen) atoms. The first kappa shape index (κ1) is 10.3. The van der Waals surface area contributed by atoms with Gasteiger partial charge in [0.1, 0.15) is 17.4 Å². The fraction of sp³-hybridized carbons (Fsp3) is 0.100. The van der Waals surface area contributed by atoms with Crippen molar-refractivity contribution >= 4 is 15.9 Å². The van der Waals surface area contributed by atoms with Crippen LogP contribution in [0.3, 0.4) is 0 Å². The molecule has 0 saturated carbocycles. The first-order valence-electron chi connectivity index (χ1n) is 4.15. The first-order valence-corrected chi connectivity index (χ1v) is 4.94. The third-order valence-corrected chi connectivity index (χ3v) is 2.61. The highest BCUT2D eigenvalue weighted by molar-refractivity contribution is 9.10. The predicted octanol–water partition coefficient (Wildman–Crippen LogP) is 3.69. The summed E-state index contributed by atoms with van der Waals surface area (Å²) in [6, 6.07) is 2.33. The molecule has 0 radical (unpaired) electrons. The summed E-state index contributed by atoms with van der Waals surface area (Å²) in [4.78, 5) is 3.88. The zero-order chi connectivity index (χ0) is 11.0. The summed E-state index contributed by atoms with van der Waals surface area (Å²) >= 11 is 2.79. The fourth-order valence-corrected chi connectivity index (χ4v) is 1.40. The Kier molecular flexibility index (Phi) is 2.56. The molecular formula is C10H6BrF2NO. The molecule has 0 aliphatic rings. The highest BCUT2D eigenvalue weighted by atomic mass is 79.9. The third-order valence-electron chi connectivity index (χ3n) is 1.85. The monoisotopic (exact) mass is 273 g/mol. The number of rotatable bonds is 1. The second-order valence-electron chi connectivity index (χ2n) is 3.03. The van der Waals surface area contributed by atoms with Gasteiger partial charge in [0, 0.05) is 5.56 Å². The van der Waals surface area contributed by atoms with Gasteiger partial charge in [-0.1, -0.05) is 0 Å². The summed E-state index contributed by atoms with van der Waals surface area (Å²) in [5.74, 6) is -0.562. The molecule has 0 aliphatic heterocycles. The van der Waals surface area contributed by atoms with Gasteiger partial charge in [0.15, 0.2) is 0 Å². The van der Waals surface area contributed by atoms with Crippen molar-refractivity contribution < 1.29 is 13.2 Å². The largest absolute Gasteiger partial charge is 0.441 e. The number of aryl methyl sites for hydroxylation is 1. The van der Waals surface area contributed by atoms with E-state index < -0.39 is 11.6 Å². The van der Waals surface area contributed by atoms with Crippen molar-refractivity contribution in [2.24, 2.45) is 0 Å². The normalized spacial score (nSPS) is 10.7. The molecule has 1 aromatic heterocycles. The lowest BCUT2D eigenvalue weighted by Gasteiger charge is -1.99. The van der Waals surface area contributed by atoms with Gasteiger partial charge in [-0.15, -0.1) is 0 Å². The zero-order valence-corrected chi connectivity index (χ0v) is 9.31. The van der Waals surface area contributed by atoms with Gasteiger partial charge in [-0.25, -0.2) is 13.8 Å². The number of halogens is 3. The standard InChI is InChI=1S/C10H6BrF2NO/c1-5-4-14-10(15-5)6-2-7(12)9(11)8(13)3-6/h2-4H,1H3. The van der Waals surface area contributed by atoms with Gasteiger partial charge in [0.05, 0.1) is 10.7 Å². The van der Waals surface area contributed by atoms with Gasteiger partial charge in [-0.05, 0) is 35.0 Å². The predicted molar refractivity (Wildman–Crippen MR) is 54.3 cm³/mol.